The highest BCUT2D eigenvalue weighted by atomic mass is 35.5. The number of hydrogen-bond donors (Lipinski definition) is 1. The van der Waals surface area contributed by atoms with E-state index in [1.165, 1.54) is 0 Å². The summed E-state index contributed by atoms with van der Waals surface area (Å²) in [5.41, 5.74) is 1.79. The smallest absolute Gasteiger partial charge is 0.251 e. The first-order valence-corrected chi connectivity index (χ1v) is 10.9. The van der Waals surface area contributed by atoms with E-state index in [1.54, 1.807) is 11.8 Å². The molecule has 0 radical (unpaired) electrons. The van der Waals surface area contributed by atoms with Crippen LogP contribution in [-0.2, 0) is 5.75 Å². The normalized spacial score (nSPS) is 14.9. The molecule has 1 amide bonds. The molecular weight excluding hydrogens is 394 g/mol. The van der Waals surface area contributed by atoms with E-state index in [9.17, 15) is 4.79 Å². The maximum atomic E-state index is 12.0. The standard InChI is InChI=1S/C20H26ClN5OS/c1-3-8-22-19(27)16-6-4-15(5-7-16)14-28-20-23-17(21)13-18(24-20)26-11-9-25(2)10-12-26/h4-7,13H,3,8-12,14H2,1-2H3,(H,22,27). The molecule has 150 valence electrons. The van der Waals surface area contributed by atoms with Crippen LogP contribution in [0.15, 0.2) is 35.5 Å². The number of aromatic nitrogens is 2. The van der Waals surface area contributed by atoms with Crippen molar-refractivity contribution in [2.75, 3.05) is 44.7 Å². The number of halogens is 1. The largest absolute Gasteiger partial charge is 0.354 e. The van der Waals surface area contributed by atoms with Crippen molar-refractivity contribution in [2.45, 2.75) is 24.3 Å². The maximum Gasteiger partial charge on any atom is 0.251 e. The number of anilines is 1. The Balaban J connectivity index is 1.60. The van der Waals surface area contributed by atoms with Crippen molar-refractivity contribution in [1.82, 2.24) is 20.2 Å². The SMILES string of the molecule is CCCNC(=O)c1ccc(CSc2nc(Cl)cc(N3CCN(C)CC3)n2)cc1. The number of nitrogens with zero attached hydrogens (tertiary/aromatic N) is 4. The molecule has 28 heavy (non-hydrogen) atoms. The summed E-state index contributed by atoms with van der Waals surface area (Å²) in [6.45, 7) is 6.64. The molecule has 2 heterocycles. The third kappa shape index (κ3) is 5.83. The molecule has 1 fully saturated rings. The van der Waals surface area contributed by atoms with Crippen molar-refractivity contribution < 1.29 is 4.79 Å². The molecule has 0 saturated carbocycles. The highest BCUT2D eigenvalue weighted by molar-refractivity contribution is 7.98. The van der Waals surface area contributed by atoms with E-state index in [0.29, 0.717) is 22.4 Å². The minimum Gasteiger partial charge on any atom is -0.354 e. The molecule has 0 bridgehead atoms. The van der Waals surface area contributed by atoms with Crippen molar-refractivity contribution >= 4 is 35.1 Å². The fourth-order valence-electron chi connectivity index (χ4n) is 2.89. The van der Waals surface area contributed by atoms with Crippen LogP contribution in [0, 0.1) is 0 Å². The first kappa shape index (κ1) is 20.9. The molecule has 0 atom stereocenters. The Hall–Kier alpha value is -1.83. The third-order valence-corrected chi connectivity index (χ3v) is 5.72. The Morgan fingerprint density at radius 2 is 1.89 bits per heavy atom. The number of rotatable bonds is 7. The van der Waals surface area contributed by atoms with Gasteiger partial charge in [-0.1, -0.05) is 42.4 Å². The molecule has 0 spiro atoms. The predicted molar refractivity (Wildman–Crippen MR) is 115 cm³/mol. The molecule has 2 aromatic rings. The molecule has 1 saturated heterocycles. The molecular formula is C20H26ClN5OS. The molecule has 1 aliphatic rings. The van der Waals surface area contributed by atoms with Crippen LogP contribution in [0.2, 0.25) is 5.15 Å². The maximum absolute atomic E-state index is 12.0. The monoisotopic (exact) mass is 419 g/mol. The molecule has 0 unspecified atom stereocenters. The Morgan fingerprint density at radius 1 is 1.18 bits per heavy atom. The van der Waals surface area contributed by atoms with Crippen LogP contribution in [0.3, 0.4) is 0 Å². The van der Waals surface area contributed by atoms with Crippen molar-refractivity contribution in [1.29, 1.82) is 0 Å². The van der Waals surface area contributed by atoms with Crippen molar-refractivity contribution in [3.8, 4) is 0 Å². The summed E-state index contributed by atoms with van der Waals surface area (Å²) in [4.78, 5) is 25.6. The van der Waals surface area contributed by atoms with Crippen LogP contribution in [-0.4, -0.2) is 60.5 Å². The van der Waals surface area contributed by atoms with Crippen LogP contribution < -0.4 is 10.2 Å². The lowest BCUT2D eigenvalue weighted by Gasteiger charge is -2.33. The van der Waals surface area contributed by atoms with Gasteiger partial charge in [0.05, 0.1) is 0 Å². The molecule has 1 aromatic heterocycles. The zero-order valence-corrected chi connectivity index (χ0v) is 17.9. The summed E-state index contributed by atoms with van der Waals surface area (Å²) < 4.78 is 0. The van der Waals surface area contributed by atoms with Gasteiger partial charge in [0, 0.05) is 50.1 Å². The van der Waals surface area contributed by atoms with Gasteiger partial charge in [-0.05, 0) is 31.2 Å². The average molecular weight is 420 g/mol. The van der Waals surface area contributed by atoms with Gasteiger partial charge >= 0.3 is 0 Å². The van der Waals surface area contributed by atoms with E-state index < -0.39 is 0 Å². The van der Waals surface area contributed by atoms with Gasteiger partial charge in [-0.3, -0.25) is 4.79 Å². The molecule has 1 N–H and O–H groups in total. The van der Waals surface area contributed by atoms with Crippen molar-refractivity contribution in [3.63, 3.8) is 0 Å². The minimum atomic E-state index is -0.0314. The molecule has 8 heteroatoms. The van der Waals surface area contributed by atoms with E-state index >= 15 is 0 Å². The van der Waals surface area contributed by atoms with Crippen molar-refractivity contribution in [2.24, 2.45) is 0 Å². The fourth-order valence-corrected chi connectivity index (χ4v) is 3.93. The van der Waals surface area contributed by atoms with Gasteiger partial charge in [-0.25, -0.2) is 9.97 Å². The molecule has 3 rings (SSSR count). The van der Waals surface area contributed by atoms with Gasteiger partial charge in [0.15, 0.2) is 5.16 Å². The van der Waals surface area contributed by atoms with E-state index in [2.05, 4.69) is 32.1 Å². The minimum absolute atomic E-state index is 0.0314. The van der Waals surface area contributed by atoms with Gasteiger partial charge < -0.3 is 15.1 Å². The Bertz CT molecular complexity index is 794. The summed E-state index contributed by atoms with van der Waals surface area (Å²) >= 11 is 7.78. The first-order valence-electron chi connectivity index (χ1n) is 9.53. The summed E-state index contributed by atoms with van der Waals surface area (Å²) in [7, 11) is 2.13. The van der Waals surface area contributed by atoms with Crippen LogP contribution >= 0.6 is 23.4 Å². The topological polar surface area (TPSA) is 61.4 Å². The lowest BCUT2D eigenvalue weighted by Crippen LogP contribution is -2.44. The van der Waals surface area contributed by atoms with Crippen LogP contribution in [0.4, 0.5) is 5.82 Å². The van der Waals surface area contributed by atoms with Gasteiger partial charge in [-0.2, -0.15) is 0 Å². The summed E-state index contributed by atoms with van der Waals surface area (Å²) in [5, 5.41) is 4.03. The second-order valence-electron chi connectivity index (χ2n) is 6.86. The number of nitrogens with one attached hydrogen (secondary N) is 1. The van der Waals surface area contributed by atoms with Crippen LogP contribution in [0.25, 0.3) is 0 Å². The Kier molecular flexibility index (Phi) is 7.53. The van der Waals surface area contributed by atoms with E-state index in [-0.39, 0.29) is 5.91 Å². The lowest BCUT2D eigenvalue weighted by molar-refractivity contribution is 0.0953. The Morgan fingerprint density at radius 3 is 2.57 bits per heavy atom. The summed E-state index contributed by atoms with van der Waals surface area (Å²) in [6.07, 6.45) is 0.927. The van der Waals surface area contributed by atoms with E-state index in [1.807, 2.05) is 37.3 Å². The first-order chi connectivity index (χ1) is 13.5. The van der Waals surface area contributed by atoms with Crippen LogP contribution in [0.1, 0.15) is 29.3 Å². The van der Waals surface area contributed by atoms with Crippen molar-refractivity contribution in [3.05, 3.63) is 46.6 Å². The highest BCUT2D eigenvalue weighted by Gasteiger charge is 2.17. The summed E-state index contributed by atoms with van der Waals surface area (Å²) in [6, 6.07) is 9.49. The highest BCUT2D eigenvalue weighted by Crippen LogP contribution is 2.25. The number of benzene rings is 1. The van der Waals surface area contributed by atoms with Gasteiger partial charge in [-0.15, -0.1) is 0 Å². The molecule has 6 nitrogen and oxygen atoms in total. The zero-order chi connectivity index (χ0) is 19.9. The molecule has 1 aromatic carbocycles. The number of carbonyl (C=O) groups excluding carboxylic acids is 1. The fraction of sp³-hybridized carbons (Fsp3) is 0.450. The van der Waals surface area contributed by atoms with E-state index in [4.69, 9.17) is 11.6 Å². The average Bonchev–Trinajstić information content (AvgIpc) is 2.71. The van der Waals surface area contributed by atoms with Gasteiger partial charge in [0.2, 0.25) is 0 Å². The number of hydrogen-bond acceptors (Lipinski definition) is 6. The zero-order valence-electron chi connectivity index (χ0n) is 16.3. The van der Waals surface area contributed by atoms with Gasteiger partial charge in [0.25, 0.3) is 5.91 Å². The lowest BCUT2D eigenvalue weighted by atomic mass is 10.1. The number of piperazine rings is 1. The number of carbonyl (C=O) groups is 1. The number of thioether (sulfide) groups is 1. The molecule has 0 aliphatic carbocycles. The second-order valence-corrected chi connectivity index (χ2v) is 8.19. The third-order valence-electron chi connectivity index (χ3n) is 4.61. The Labute approximate surface area is 175 Å². The number of amides is 1. The second kappa shape index (κ2) is 10.1. The van der Waals surface area contributed by atoms with E-state index in [0.717, 1.165) is 49.7 Å². The van der Waals surface area contributed by atoms with Gasteiger partial charge in [0.1, 0.15) is 11.0 Å². The number of likely N-dealkylation sites (N-methyl/N-ethyl adjacent to an activating group) is 1. The predicted octanol–water partition coefficient (Wildman–Crippen LogP) is 3.31. The quantitative estimate of drug-likeness (QED) is 0.422. The summed E-state index contributed by atoms with van der Waals surface area (Å²) in [5.74, 6) is 1.58. The van der Waals surface area contributed by atoms with Crippen LogP contribution in [0.5, 0.6) is 0 Å². The molecule has 1 aliphatic heterocycles.